The molecule has 0 unspecified atom stereocenters. The van der Waals surface area contributed by atoms with Crippen molar-refractivity contribution in [3.05, 3.63) is 0 Å². The average molecular weight is 175 g/mol. The molecular weight excluding hydrogens is 158 g/mol. The third kappa shape index (κ3) is 7.34. The minimum Gasteiger partial charge on any atom is -0.450 e. The highest BCUT2D eigenvalue weighted by Crippen LogP contribution is 1.96. The van der Waals surface area contributed by atoms with Crippen LogP contribution >= 0.6 is 0 Å². The van der Waals surface area contributed by atoms with Gasteiger partial charge in [-0.1, -0.05) is 13.3 Å². The molecule has 4 nitrogen and oxygen atoms in total. The second-order valence-electron chi connectivity index (χ2n) is 3.17. The molecule has 12 heavy (non-hydrogen) atoms. The molecule has 0 fully saturated rings. The van der Waals surface area contributed by atoms with Crippen LogP contribution in [0.4, 0.5) is 4.79 Å². The third-order valence-electron chi connectivity index (χ3n) is 1.14. The van der Waals surface area contributed by atoms with Gasteiger partial charge in [0, 0.05) is 0 Å². The van der Waals surface area contributed by atoms with Gasteiger partial charge in [-0.15, -0.1) is 0 Å². The summed E-state index contributed by atoms with van der Waals surface area (Å²) >= 11 is 0. The van der Waals surface area contributed by atoms with Crippen LogP contribution in [0.1, 0.15) is 33.6 Å². The summed E-state index contributed by atoms with van der Waals surface area (Å²) in [7, 11) is 0. The maximum absolute atomic E-state index is 10.8. The Morgan fingerprint density at radius 1 is 1.58 bits per heavy atom. The molecule has 4 heteroatoms. The number of unbranched alkanes of at least 4 members (excludes halogenated alkanes) is 1. The maximum atomic E-state index is 10.8. The Bertz CT molecular complexity index is 140. The molecule has 0 rings (SSSR count). The van der Waals surface area contributed by atoms with E-state index in [1.807, 2.05) is 6.92 Å². The molecule has 0 aliphatic carbocycles. The summed E-state index contributed by atoms with van der Waals surface area (Å²) in [6.07, 6.45) is 1.26. The first-order valence-corrected chi connectivity index (χ1v) is 4.13. The molecule has 0 aliphatic heterocycles. The normalized spacial score (nSPS) is 11.0. The Morgan fingerprint density at radius 2 is 2.17 bits per heavy atom. The predicted octanol–water partition coefficient (Wildman–Crippen LogP) is 1.24. The van der Waals surface area contributed by atoms with Crippen molar-refractivity contribution in [2.24, 2.45) is 0 Å². The minimum absolute atomic E-state index is 0.401. The lowest BCUT2D eigenvalue weighted by atomic mass is 10.3. The van der Waals surface area contributed by atoms with Gasteiger partial charge in [-0.25, -0.2) is 4.79 Å². The van der Waals surface area contributed by atoms with Crippen molar-refractivity contribution in [3.63, 3.8) is 0 Å². The fourth-order valence-corrected chi connectivity index (χ4v) is 0.595. The Hall–Kier alpha value is -0.770. The highest BCUT2D eigenvalue weighted by molar-refractivity contribution is 5.67. The van der Waals surface area contributed by atoms with E-state index in [2.05, 4.69) is 5.32 Å². The molecule has 0 saturated heterocycles. The molecule has 0 heterocycles. The van der Waals surface area contributed by atoms with Crippen LogP contribution in [-0.2, 0) is 4.74 Å². The third-order valence-corrected chi connectivity index (χ3v) is 1.14. The van der Waals surface area contributed by atoms with Gasteiger partial charge in [0.25, 0.3) is 0 Å². The van der Waals surface area contributed by atoms with Crippen LogP contribution in [0.5, 0.6) is 0 Å². The summed E-state index contributed by atoms with van der Waals surface area (Å²) in [6, 6.07) is 0. The molecule has 1 amide bonds. The van der Waals surface area contributed by atoms with Crippen LogP contribution in [0.15, 0.2) is 0 Å². The van der Waals surface area contributed by atoms with Gasteiger partial charge in [-0.2, -0.15) is 0 Å². The predicted molar refractivity (Wildman–Crippen MR) is 45.7 cm³/mol. The van der Waals surface area contributed by atoms with Crippen LogP contribution in [0.25, 0.3) is 0 Å². The second kappa shape index (κ2) is 4.98. The lowest BCUT2D eigenvalue weighted by Gasteiger charge is -2.18. The second-order valence-corrected chi connectivity index (χ2v) is 3.17. The van der Waals surface area contributed by atoms with Crippen molar-refractivity contribution < 1.29 is 14.6 Å². The number of carbonyl (C=O) groups is 1. The van der Waals surface area contributed by atoms with Crippen molar-refractivity contribution in [1.82, 2.24) is 5.32 Å². The van der Waals surface area contributed by atoms with Gasteiger partial charge in [-0.3, -0.25) is 5.32 Å². The number of amides is 1. The zero-order chi connectivity index (χ0) is 9.61. The van der Waals surface area contributed by atoms with E-state index >= 15 is 0 Å². The van der Waals surface area contributed by atoms with E-state index in [-0.39, 0.29) is 0 Å². The van der Waals surface area contributed by atoms with Gasteiger partial charge in [0.05, 0.1) is 6.61 Å². The molecule has 0 aromatic heterocycles. The van der Waals surface area contributed by atoms with Gasteiger partial charge in [0.2, 0.25) is 0 Å². The van der Waals surface area contributed by atoms with E-state index in [0.29, 0.717) is 6.61 Å². The lowest BCUT2D eigenvalue weighted by molar-refractivity contribution is 0.0361. The fourth-order valence-electron chi connectivity index (χ4n) is 0.595. The average Bonchev–Trinajstić information content (AvgIpc) is 1.84. The Morgan fingerprint density at radius 3 is 2.58 bits per heavy atom. The summed E-state index contributed by atoms with van der Waals surface area (Å²) in [5.41, 5.74) is -1.21. The summed E-state index contributed by atoms with van der Waals surface area (Å²) < 4.78 is 4.75. The first-order chi connectivity index (χ1) is 5.45. The van der Waals surface area contributed by atoms with Gasteiger partial charge in [0.15, 0.2) is 0 Å². The molecule has 0 bridgehead atoms. The Kier molecular flexibility index (Phi) is 4.66. The number of ether oxygens (including phenoxy) is 1. The van der Waals surface area contributed by atoms with E-state index in [9.17, 15) is 4.79 Å². The van der Waals surface area contributed by atoms with E-state index in [1.54, 1.807) is 0 Å². The van der Waals surface area contributed by atoms with Gasteiger partial charge < -0.3 is 9.84 Å². The summed E-state index contributed by atoms with van der Waals surface area (Å²) in [5.74, 6) is 0. The lowest BCUT2D eigenvalue weighted by Crippen LogP contribution is -2.43. The molecule has 0 aromatic carbocycles. The summed E-state index contributed by atoms with van der Waals surface area (Å²) in [6.45, 7) is 5.37. The number of hydrogen-bond acceptors (Lipinski definition) is 3. The molecule has 2 N–H and O–H groups in total. The number of alkyl carbamates (subject to hydrolysis) is 1. The van der Waals surface area contributed by atoms with Gasteiger partial charge in [0.1, 0.15) is 5.72 Å². The van der Waals surface area contributed by atoms with E-state index in [4.69, 9.17) is 9.84 Å². The smallest absolute Gasteiger partial charge is 0.409 e. The van der Waals surface area contributed by atoms with Crippen molar-refractivity contribution >= 4 is 6.09 Å². The largest absolute Gasteiger partial charge is 0.450 e. The van der Waals surface area contributed by atoms with Crippen LogP contribution in [0.3, 0.4) is 0 Å². The molecule has 0 radical (unpaired) electrons. The van der Waals surface area contributed by atoms with E-state index in [1.165, 1.54) is 13.8 Å². The van der Waals surface area contributed by atoms with Gasteiger partial charge in [-0.05, 0) is 20.3 Å². The topological polar surface area (TPSA) is 58.6 Å². The number of carbonyl (C=O) groups excluding carboxylic acids is 1. The highest BCUT2D eigenvalue weighted by Gasteiger charge is 2.15. The number of hydrogen-bond donors (Lipinski definition) is 2. The number of nitrogens with one attached hydrogen (secondary N) is 1. The molecule has 0 spiro atoms. The van der Waals surface area contributed by atoms with Crippen LogP contribution in [-0.4, -0.2) is 23.5 Å². The fraction of sp³-hybridized carbons (Fsp3) is 0.875. The quantitative estimate of drug-likeness (QED) is 0.499. The molecule has 0 aliphatic rings. The van der Waals surface area contributed by atoms with Crippen molar-refractivity contribution in [3.8, 4) is 0 Å². The minimum atomic E-state index is -1.21. The SMILES string of the molecule is CCCCOC(=O)NC(C)(C)O. The number of rotatable bonds is 4. The van der Waals surface area contributed by atoms with Crippen molar-refractivity contribution in [2.75, 3.05) is 6.61 Å². The van der Waals surface area contributed by atoms with Crippen molar-refractivity contribution in [1.29, 1.82) is 0 Å². The van der Waals surface area contributed by atoms with Gasteiger partial charge >= 0.3 is 6.09 Å². The number of aliphatic hydroxyl groups is 1. The maximum Gasteiger partial charge on any atom is 0.409 e. The molecule has 0 atom stereocenters. The molecule has 72 valence electrons. The highest BCUT2D eigenvalue weighted by atomic mass is 16.6. The first-order valence-electron chi connectivity index (χ1n) is 4.13. The summed E-state index contributed by atoms with van der Waals surface area (Å²) in [4.78, 5) is 10.8. The van der Waals surface area contributed by atoms with E-state index < -0.39 is 11.8 Å². The zero-order valence-corrected chi connectivity index (χ0v) is 7.89. The first kappa shape index (κ1) is 11.2. The van der Waals surface area contributed by atoms with Crippen molar-refractivity contribution in [2.45, 2.75) is 39.3 Å². The van der Waals surface area contributed by atoms with Crippen LogP contribution in [0, 0.1) is 0 Å². The standard InChI is InChI=1S/C8H17NO3/c1-4-5-6-12-7(10)9-8(2,3)11/h11H,4-6H2,1-3H3,(H,9,10). The summed E-state index contributed by atoms with van der Waals surface area (Å²) in [5, 5.41) is 11.4. The Balaban J connectivity index is 3.47. The molecule has 0 aromatic rings. The Labute approximate surface area is 72.9 Å². The van der Waals surface area contributed by atoms with Crippen LogP contribution in [0.2, 0.25) is 0 Å². The van der Waals surface area contributed by atoms with E-state index in [0.717, 1.165) is 12.8 Å². The zero-order valence-electron chi connectivity index (χ0n) is 7.89. The monoisotopic (exact) mass is 175 g/mol. The van der Waals surface area contributed by atoms with Crippen LogP contribution < -0.4 is 5.32 Å². The molecular formula is C8H17NO3. The molecule has 0 saturated carbocycles.